The van der Waals surface area contributed by atoms with Gasteiger partial charge in [-0.25, -0.2) is 0 Å². The van der Waals surface area contributed by atoms with Crippen LogP contribution in [0.1, 0.15) is 67.6 Å². The zero-order valence-electron chi connectivity index (χ0n) is 31.0. The molecular formula is C40H54N6O4S2. The molecule has 0 radical (unpaired) electrons. The van der Waals surface area contributed by atoms with E-state index in [4.69, 9.17) is 4.74 Å². The summed E-state index contributed by atoms with van der Waals surface area (Å²) >= 11 is 8.38. The second-order valence-electron chi connectivity index (χ2n) is 13.0. The molecule has 1 spiro atoms. The third kappa shape index (κ3) is 8.04. The van der Waals surface area contributed by atoms with Crippen LogP contribution in [0.4, 0.5) is 11.4 Å². The monoisotopic (exact) mass is 746 g/mol. The molecule has 0 fully saturated rings. The number of thiol groups is 2. The van der Waals surface area contributed by atoms with Gasteiger partial charge in [0.2, 0.25) is 11.8 Å². The van der Waals surface area contributed by atoms with Crippen LogP contribution in [0.25, 0.3) is 0 Å². The first-order valence-corrected chi connectivity index (χ1v) is 19.9. The molecule has 10 nitrogen and oxygen atoms in total. The van der Waals surface area contributed by atoms with Crippen LogP contribution in [0.15, 0.2) is 60.7 Å². The van der Waals surface area contributed by atoms with Crippen LogP contribution >= 0.6 is 25.3 Å². The number of carbonyl (C=O) groups is 3. The van der Waals surface area contributed by atoms with Crippen LogP contribution in [0.5, 0.6) is 11.5 Å². The topological polar surface area (TPSA) is 97.5 Å². The first kappa shape index (κ1) is 39.3. The number of carbonyl (C=O) groups excluding carboxylic acids is 3. The molecule has 2 aliphatic heterocycles. The van der Waals surface area contributed by atoms with Crippen LogP contribution in [0.2, 0.25) is 0 Å². The fourth-order valence-corrected chi connectivity index (χ4v) is 7.97. The molecule has 2 heterocycles. The van der Waals surface area contributed by atoms with Crippen molar-refractivity contribution >= 4 is 54.4 Å². The molecular weight excluding hydrogens is 693 g/mol. The fourth-order valence-electron chi connectivity index (χ4n) is 7.57. The van der Waals surface area contributed by atoms with Crippen LogP contribution in [-0.4, -0.2) is 104 Å². The van der Waals surface area contributed by atoms with Gasteiger partial charge in [0.25, 0.3) is 5.91 Å². The number of rotatable bonds is 19. The SMILES string of the molecule is CCN(CC)c1ccc2c(c1)Oc1cc(N(CC)CC)ccc1C21c2ccccc2C(=O)N1CCN(CCNC(=O)CCS)CCNC(=O)CCS. The molecule has 2 N–H and O–H groups in total. The Morgan fingerprint density at radius 1 is 0.712 bits per heavy atom. The molecule has 2 aliphatic rings. The molecule has 0 saturated carbocycles. The van der Waals surface area contributed by atoms with Gasteiger partial charge in [-0.05, 0) is 63.0 Å². The van der Waals surface area contributed by atoms with E-state index in [1.165, 1.54) is 0 Å². The van der Waals surface area contributed by atoms with Crippen molar-refractivity contribution in [2.45, 2.75) is 46.1 Å². The number of amides is 3. The van der Waals surface area contributed by atoms with Gasteiger partial charge in [0.15, 0.2) is 0 Å². The van der Waals surface area contributed by atoms with E-state index < -0.39 is 5.54 Å². The third-order valence-electron chi connectivity index (χ3n) is 10.2. The zero-order chi connectivity index (χ0) is 37.3. The number of anilines is 2. The molecule has 0 saturated heterocycles. The number of nitrogens with zero attached hydrogens (tertiary/aromatic N) is 4. The lowest BCUT2D eigenvalue weighted by molar-refractivity contribution is -0.121. The average Bonchev–Trinajstić information content (AvgIpc) is 3.39. The summed E-state index contributed by atoms with van der Waals surface area (Å²) in [4.78, 5) is 48.0. The quantitative estimate of drug-likeness (QED) is 0.122. The average molecular weight is 747 g/mol. The summed E-state index contributed by atoms with van der Waals surface area (Å²) in [6, 6.07) is 20.7. The Kier molecular flexibility index (Phi) is 13.8. The first-order valence-electron chi connectivity index (χ1n) is 18.6. The third-order valence-corrected chi connectivity index (χ3v) is 10.6. The zero-order valence-corrected chi connectivity index (χ0v) is 32.8. The molecule has 0 unspecified atom stereocenters. The lowest BCUT2D eigenvalue weighted by atomic mass is 9.74. The van der Waals surface area contributed by atoms with E-state index in [1.807, 2.05) is 23.1 Å². The summed E-state index contributed by atoms with van der Waals surface area (Å²) < 4.78 is 6.85. The number of hydrogen-bond acceptors (Lipinski definition) is 9. The minimum absolute atomic E-state index is 0.0425. The maximum Gasteiger partial charge on any atom is 0.255 e. The van der Waals surface area contributed by atoms with Crippen LogP contribution in [0.3, 0.4) is 0 Å². The molecule has 0 aliphatic carbocycles. The molecule has 0 aromatic heterocycles. The Labute approximate surface area is 320 Å². The van der Waals surface area contributed by atoms with Crippen molar-refractivity contribution in [3.63, 3.8) is 0 Å². The van der Waals surface area contributed by atoms with E-state index in [0.29, 0.717) is 69.2 Å². The van der Waals surface area contributed by atoms with E-state index in [-0.39, 0.29) is 17.7 Å². The van der Waals surface area contributed by atoms with Gasteiger partial charge in [-0.2, -0.15) is 25.3 Å². The highest BCUT2D eigenvalue weighted by Crippen LogP contribution is 2.58. The number of benzene rings is 3. The van der Waals surface area contributed by atoms with Gasteiger partial charge in [0.1, 0.15) is 17.0 Å². The number of hydrogen-bond donors (Lipinski definition) is 4. The van der Waals surface area contributed by atoms with Crippen molar-refractivity contribution in [1.29, 1.82) is 0 Å². The highest BCUT2D eigenvalue weighted by atomic mass is 32.1. The Bertz CT molecular complexity index is 1630. The first-order chi connectivity index (χ1) is 25.3. The second-order valence-corrected chi connectivity index (χ2v) is 13.9. The van der Waals surface area contributed by atoms with E-state index in [9.17, 15) is 14.4 Å². The second kappa shape index (κ2) is 18.3. The Balaban J connectivity index is 1.59. The van der Waals surface area contributed by atoms with Crippen molar-refractivity contribution in [2.24, 2.45) is 0 Å². The maximum atomic E-state index is 14.7. The summed E-state index contributed by atoms with van der Waals surface area (Å²) in [7, 11) is 0. The Morgan fingerprint density at radius 3 is 1.69 bits per heavy atom. The largest absolute Gasteiger partial charge is 0.456 e. The highest BCUT2D eigenvalue weighted by molar-refractivity contribution is 7.80. The molecule has 0 atom stereocenters. The standard InChI is InChI=1S/C40H54N6O4S2/c1-5-44(6-2)29-13-15-33-35(27-29)50-36-28-30(45(7-3)8-4)14-16-34(36)40(33)32-12-10-9-11-31(32)39(49)46(40)24-23-43(21-19-41-37(47)17-25-51)22-20-42-38(48)18-26-52/h9-16,27-28,51-52H,5-8,17-26H2,1-4H3,(H,41,47)(H,42,48). The minimum atomic E-state index is -0.937. The Morgan fingerprint density at radius 2 is 1.21 bits per heavy atom. The molecule has 3 amide bonds. The molecule has 12 heteroatoms. The van der Waals surface area contributed by atoms with Gasteiger partial charge < -0.3 is 30.1 Å². The van der Waals surface area contributed by atoms with E-state index in [2.05, 4.69) is 121 Å². The summed E-state index contributed by atoms with van der Waals surface area (Å²) in [5.74, 6) is 2.28. The van der Waals surface area contributed by atoms with Crippen LogP contribution < -0.4 is 25.2 Å². The fraction of sp³-hybridized carbons (Fsp3) is 0.475. The van der Waals surface area contributed by atoms with Gasteiger partial charge in [-0.3, -0.25) is 19.3 Å². The molecule has 52 heavy (non-hydrogen) atoms. The lowest BCUT2D eigenvalue weighted by Crippen LogP contribution is -2.51. The Hall–Kier alpha value is -3.87. The van der Waals surface area contributed by atoms with Crippen molar-refractivity contribution < 1.29 is 19.1 Å². The van der Waals surface area contributed by atoms with Gasteiger partial charge in [0, 0.05) is 118 Å². The normalized spacial score (nSPS) is 13.8. The minimum Gasteiger partial charge on any atom is -0.456 e. The highest BCUT2D eigenvalue weighted by Gasteiger charge is 2.56. The van der Waals surface area contributed by atoms with E-state index in [0.717, 1.165) is 65.7 Å². The van der Waals surface area contributed by atoms with Crippen molar-refractivity contribution in [3.05, 3.63) is 82.9 Å². The predicted octanol–water partition coefficient (Wildman–Crippen LogP) is 5.41. The van der Waals surface area contributed by atoms with Gasteiger partial charge in [-0.1, -0.05) is 30.3 Å². The lowest BCUT2D eigenvalue weighted by Gasteiger charge is -2.45. The molecule has 280 valence electrons. The smallest absolute Gasteiger partial charge is 0.255 e. The van der Waals surface area contributed by atoms with Gasteiger partial charge in [-0.15, -0.1) is 0 Å². The summed E-state index contributed by atoms with van der Waals surface area (Å²) in [5, 5.41) is 5.97. The molecule has 0 bridgehead atoms. The van der Waals surface area contributed by atoms with Crippen molar-refractivity contribution in [2.75, 3.05) is 86.8 Å². The van der Waals surface area contributed by atoms with Crippen LogP contribution in [-0.2, 0) is 15.1 Å². The summed E-state index contributed by atoms with van der Waals surface area (Å²) in [6.07, 6.45) is 0.692. The van der Waals surface area contributed by atoms with Crippen molar-refractivity contribution in [3.8, 4) is 11.5 Å². The maximum absolute atomic E-state index is 14.7. The summed E-state index contributed by atoms with van der Waals surface area (Å²) in [5.41, 5.74) is 4.65. The predicted molar refractivity (Wildman–Crippen MR) is 217 cm³/mol. The van der Waals surface area contributed by atoms with Crippen molar-refractivity contribution in [1.82, 2.24) is 20.4 Å². The molecule has 3 aromatic rings. The van der Waals surface area contributed by atoms with Gasteiger partial charge in [0.05, 0.1) is 0 Å². The van der Waals surface area contributed by atoms with Crippen LogP contribution in [0, 0.1) is 0 Å². The number of ether oxygens (including phenoxy) is 1. The van der Waals surface area contributed by atoms with E-state index in [1.54, 1.807) is 0 Å². The van der Waals surface area contributed by atoms with E-state index >= 15 is 0 Å². The molecule has 3 aromatic carbocycles. The summed E-state index contributed by atoms with van der Waals surface area (Å²) in [6.45, 7) is 14.9. The molecule has 5 rings (SSSR count). The number of fused-ring (bicyclic) bond motifs is 6. The van der Waals surface area contributed by atoms with Gasteiger partial charge >= 0.3 is 0 Å². The number of nitrogens with one attached hydrogen (secondary N) is 2.